The average molecular weight is 540 g/mol. The van der Waals surface area contributed by atoms with E-state index in [0.29, 0.717) is 24.0 Å². The number of benzene rings is 4. The van der Waals surface area contributed by atoms with Gasteiger partial charge in [-0.2, -0.15) is 0 Å². The Bertz CT molecular complexity index is 1530. The molecule has 0 fully saturated rings. The van der Waals surface area contributed by atoms with Gasteiger partial charge in [-0.25, -0.2) is 14.4 Å². The summed E-state index contributed by atoms with van der Waals surface area (Å²) < 4.78 is 5.82. The molecule has 3 N–H and O–H groups in total. The maximum Gasteiger partial charge on any atom is 0.336 e. The molecule has 0 saturated carbocycles. The molecule has 0 aliphatic heterocycles. The van der Waals surface area contributed by atoms with Crippen molar-refractivity contribution in [1.82, 2.24) is 4.90 Å². The topological polar surface area (TPSA) is 141 Å². The molecule has 0 unspecified atom stereocenters. The number of nitrogens with zero attached hydrogens (tertiary/aromatic N) is 1. The van der Waals surface area contributed by atoms with Crippen LogP contribution in [-0.2, 0) is 13.0 Å². The van der Waals surface area contributed by atoms with Gasteiger partial charge in [0.15, 0.2) is 0 Å². The summed E-state index contributed by atoms with van der Waals surface area (Å²) in [6.45, 7) is 0.297. The number of hydrogen-bond acceptors (Lipinski definition) is 5. The molecule has 0 aliphatic carbocycles. The summed E-state index contributed by atoms with van der Waals surface area (Å²) >= 11 is 0. The van der Waals surface area contributed by atoms with Crippen molar-refractivity contribution in [2.45, 2.75) is 13.0 Å². The van der Waals surface area contributed by atoms with Gasteiger partial charge in [0.1, 0.15) is 11.5 Å². The smallest absolute Gasteiger partial charge is 0.336 e. The highest BCUT2D eigenvalue weighted by Crippen LogP contribution is 2.23. The molecule has 0 saturated heterocycles. The molecule has 0 radical (unpaired) electrons. The molecule has 0 spiro atoms. The number of amides is 1. The minimum Gasteiger partial charge on any atom is -0.478 e. The zero-order valence-corrected chi connectivity index (χ0v) is 21.2. The largest absolute Gasteiger partial charge is 0.478 e. The van der Waals surface area contributed by atoms with E-state index in [2.05, 4.69) is 0 Å². The minimum atomic E-state index is -1.61. The molecule has 202 valence electrons. The van der Waals surface area contributed by atoms with Crippen LogP contribution in [0, 0.1) is 0 Å². The van der Waals surface area contributed by atoms with Gasteiger partial charge in [0.25, 0.3) is 5.91 Å². The maximum atomic E-state index is 13.7. The van der Waals surface area contributed by atoms with Crippen molar-refractivity contribution >= 4 is 23.8 Å². The molecule has 0 bridgehead atoms. The van der Waals surface area contributed by atoms with Gasteiger partial charge >= 0.3 is 17.9 Å². The molecule has 4 rings (SSSR count). The third kappa shape index (κ3) is 6.70. The fourth-order valence-corrected chi connectivity index (χ4v) is 4.15. The van der Waals surface area contributed by atoms with Crippen LogP contribution in [0.4, 0.5) is 0 Å². The molecular weight excluding hydrogens is 514 g/mol. The van der Waals surface area contributed by atoms with E-state index >= 15 is 0 Å². The van der Waals surface area contributed by atoms with Gasteiger partial charge in [-0.05, 0) is 53.9 Å². The number of rotatable bonds is 11. The predicted octanol–water partition coefficient (Wildman–Crippen LogP) is 5.46. The van der Waals surface area contributed by atoms with Crippen molar-refractivity contribution in [2.24, 2.45) is 0 Å². The number of ether oxygens (including phenoxy) is 1. The summed E-state index contributed by atoms with van der Waals surface area (Å²) in [6, 6.07) is 27.2. The van der Waals surface area contributed by atoms with Gasteiger partial charge in [0.05, 0.1) is 22.3 Å². The van der Waals surface area contributed by atoms with Crippen LogP contribution in [0.1, 0.15) is 52.6 Å². The van der Waals surface area contributed by atoms with Gasteiger partial charge in [-0.1, -0.05) is 60.7 Å². The lowest BCUT2D eigenvalue weighted by molar-refractivity contribution is 0.0644. The molecule has 9 nitrogen and oxygen atoms in total. The van der Waals surface area contributed by atoms with Crippen molar-refractivity contribution in [2.75, 3.05) is 6.54 Å². The van der Waals surface area contributed by atoms with E-state index in [-0.39, 0.29) is 13.1 Å². The van der Waals surface area contributed by atoms with E-state index in [9.17, 15) is 34.5 Å². The lowest BCUT2D eigenvalue weighted by atomic mass is 9.96. The van der Waals surface area contributed by atoms with Crippen molar-refractivity contribution in [3.05, 3.63) is 130 Å². The lowest BCUT2D eigenvalue weighted by Crippen LogP contribution is -2.34. The fraction of sp³-hybridized carbons (Fsp3) is 0.0968. The van der Waals surface area contributed by atoms with Crippen LogP contribution in [-0.4, -0.2) is 50.6 Å². The molecule has 0 aliphatic rings. The summed E-state index contributed by atoms with van der Waals surface area (Å²) in [5.74, 6) is -4.14. The number of carbonyl (C=O) groups is 4. The Hall–Kier alpha value is -5.44. The van der Waals surface area contributed by atoms with Crippen molar-refractivity contribution in [3.63, 3.8) is 0 Å². The van der Waals surface area contributed by atoms with Gasteiger partial charge in [-0.15, -0.1) is 0 Å². The van der Waals surface area contributed by atoms with Gasteiger partial charge in [0, 0.05) is 13.1 Å². The van der Waals surface area contributed by atoms with Gasteiger partial charge < -0.3 is 25.0 Å². The second kappa shape index (κ2) is 12.4. The Balaban J connectivity index is 1.62. The van der Waals surface area contributed by atoms with E-state index in [1.807, 2.05) is 60.7 Å². The summed E-state index contributed by atoms with van der Waals surface area (Å²) in [6.07, 6.45) is 0.408. The molecular formula is C31H25NO8. The monoisotopic (exact) mass is 539 g/mol. The Morgan fingerprint density at radius 3 is 1.60 bits per heavy atom. The predicted molar refractivity (Wildman–Crippen MR) is 145 cm³/mol. The van der Waals surface area contributed by atoms with Crippen LogP contribution in [0.3, 0.4) is 0 Å². The summed E-state index contributed by atoms with van der Waals surface area (Å²) in [7, 11) is 0. The van der Waals surface area contributed by atoms with Gasteiger partial charge in [0.2, 0.25) is 0 Å². The molecule has 4 aromatic carbocycles. The number of carboxylic acids is 3. The SMILES string of the molecule is O=C(O)c1cc(C(=O)O)c(C(=O)N(CCc2ccc(Oc3ccccc3)cc2)Cc2ccccc2)cc1C(=O)O. The highest BCUT2D eigenvalue weighted by molar-refractivity contribution is 6.10. The minimum absolute atomic E-state index is 0.122. The Morgan fingerprint density at radius 1 is 0.575 bits per heavy atom. The maximum absolute atomic E-state index is 13.7. The number of carbonyl (C=O) groups excluding carboxylic acids is 1. The van der Waals surface area contributed by atoms with E-state index in [1.165, 1.54) is 4.90 Å². The van der Waals surface area contributed by atoms with Crippen LogP contribution in [0.15, 0.2) is 97.1 Å². The first-order valence-corrected chi connectivity index (χ1v) is 12.3. The zero-order valence-electron chi connectivity index (χ0n) is 21.2. The fourth-order valence-electron chi connectivity index (χ4n) is 4.15. The van der Waals surface area contributed by atoms with Crippen LogP contribution >= 0.6 is 0 Å². The number of carboxylic acid groups (broad SMARTS) is 3. The first kappa shape index (κ1) is 27.6. The molecule has 0 heterocycles. The Morgan fingerprint density at radius 2 is 1.05 bits per heavy atom. The first-order valence-electron chi connectivity index (χ1n) is 12.3. The molecule has 4 aromatic rings. The summed E-state index contributed by atoms with van der Waals surface area (Å²) in [5, 5.41) is 28.7. The van der Waals surface area contributed by atoms with Crippen molar-refractivity contribution in [3.8, 4) is 11.5 Å². The number of para-hydroxylation sites is 1. The number of hydrogen-bond donors (Lipinski definition) is 3. The molecule has 1 amide bonds. The van der Waals surface area contributed by atoms with Crippen molar-refractivity contribution < 1.29 is 39.2 Å². The molecule has 9 heteroatoms. The number of aromatic carboxylic acids is 3. The standard InChI is InChI=1S/C31H25NO8/c33-28(24-17-26(30(36)37)27(31(38)39)18-25(24)29(34)35)32(19-21-7-3-1-4-8-21)16-15-20-11-13-23(14-12-20)40-22-9-5-2-6-10-22/h1-14,17-18H,15-16,19H2,(H,34,35)(H,36,37)(H,38,39). The van der Waals surface area contributed by atoms with Crippen molar-refractivity contribution in [1.29, 1.82) is 0 Å². The van der Waals surface area contributed by atoms with Crippen LogP contribution < -0.4 is 4.74 Å². The second-order valence-electron chi connectivity index (χ2n) is 8.88. The second-order valence-corrected chi connectivity index (χ2v) is 8.88. The van der Waals surface area contributed by atoms with Crippen LogP contribution in [0.5, 0.6) is 11.5 Å². The summed E-state index contributed by atoms with van der Waals surface area (Å²) in [5.41, 5.74) is -0.717. The first-order chi connectivity index (χ1) is 19.2. The third-order valence-corrected chi connectivity index (χ3v) is 6.16. The van der Waals surface area contributed by atoms with E-state index in [1.54, 1.807) is 24.3 Å². The Labute approximate surface area is 229 Å². The van der Waals surface area contributed by atoms with Gasteiger partial charge in [-0.3, -0.25) is 4.79 Å². The normalized spacial score (nSPS) is 10.5. The average Bonchev–Trinajstić information content (AvgIpc) is 2.96. The Kier molecular flexibility index (Phi) is 8.55. The highest BCUT2D eigenvalue weighted by atomic mass is 16.5. The molecule has 0 atom stereocenters. The van der Waals surface area contributed by atoms with Crippen LogP contribution in [0.25, 0.3) is 0 Å². The van der Waals surface area contributed by atoms with E-state index in [4.69, 9.17) is 4.74 Å². The quantitative estimate of drug-likeness (QED) is 0.228. The summed E-state index contributed by atoms with van der Waals surface area (Å²) in [4.78, 5) is 50.4. The lowest BCUT2D eigenvalue weighted by Gasteiger charge is -2.24. The zero-order chi connectivity index (χ0) is 28.6. The highest BCUT2D eigenvalue weighted by Gasteiger charge is 2.28. The van der Waals surface area contributed by atoms with Crippen LogP contribution in [0.2, 0.25) is 0 Å². The molecule has 40 heavy (non-hydrogen) atoms. The third-order valence-electron chi connectivity index (χ3n) is 6.16. The van der Waals surface area contributed by atoms with E-state index < -0.39 is 46.1 Å². The van der Waals surface area contributed by atoms with E-state index in [0.717, 1.165) is 17.2 Å². The molecule has 0 aromatic heterocycles.